The number of carboxylic acid groups (broad SMARTS) is 1. The minimum atomic E-state index is -1.12. The molecule has 2 aromatic heterocycles. The number of hydrogen-bond donors (Lipinski definition) is 1. The van der Waals surface area contributed by atoms with Crippen molar-refractivity contribution in [1.82, 2.24) is 9.97 Å². The van der Waals surface area contributed by atoms with Crippen molar-refractivity contribution in [2.75, 3.05) is 0 Å². The Labute approximate surface area is 212 Å². The molecule has 0 fully saturated rings. The molecule has 5 aromatic rings. The van der Waals surface area contributed by atoms with E-state index in [2.05, 4.69) is 9.97 Å². The van der Waals surface area contributed by atoms with Crippen molar-refractivity contribution >= 4 is 17.1 Å². The molecule has 5 rings (SSSR count). The average Bonchev–Trinajstić information content (AvgIpc) is 3.48. The van der Waals surface area contributed by atoms with E-state index in [-0.39, 0.29) is 12.2 Å². The molecule has 0 bridgehead atoms. The van der Waals surface area contributed by atoms with E-state index >= 15 is 0 Å². The number of aromatic nitrogens is 2. The third kappa shape index (κ3) is 5.86. The molecule has 0 saturated carbocycles. The van der Waals surface area contributed by atoms with E-state index < -0.39 is 17.9 Å². The Morgan fingerprint density at radius 3 is 2.54 bits per heavy atom. The van der Waals surface area contributed by atoms with Crippen LogP contribution in [0.3, 0.4) is 0 Å². The number of nitrogens with zero attached hydrogens (tertiary/aromatic N) is 2. The number of halogens is 1. The van der Waals surface area contributed by atoms with E-state index in [9.17, 15) is 14.3 Å². The molecule has 0 saturated heterocycles. The fraction of sp³-hybridized carbons (Fsp3) is 0.207. The van der Waals surface area contributed by atoms with E-state index in [1.165, 1.54) is 24.3 Å². The summed E-state index contributed by atoms with van der Waals surface area (Å²) in [6.07, 6.45) is 1.14. The van der Waals surface area contributed by atoms with Crippen LogP contribution in [-0.4, -0.2) is 27.1 Å². The lowest BCUT2D eigenvalue weighted by atomic mass is 10.1. The minimum absolute atomic E-state index is 0.125. The number of aliphatic carboxylic acids is 1. The first-order valence-electron chi connectivity index (χ1n) is 12.0. The van der Waals surface area contributed by atoms with Crippen molar-refractivity contribution in [3.63, 3.8) is 0 Å². The van der Waals surface area contributed by atoms with Gasteiger partial charge in [-0.25, -0.2) is 19.2 Å². The van der Waals surface area contributed by atoms with Crippen LogP contribution in [-0.2, 0) is 24.1 Å². The molecule has 0 aliphatic rings. The van der Waals surface area contributed by atoms with E-state index in [1.807, 2.05) is 37.3 Å². The van der Waals surface area contributed by atoms with E-state index in [0.717, 1.165) is 35.4 Å². The Morgan fingerprint density at radius 2 is 1.78 bits per heavy atom. The molecule has 3 aromatic carbocycles. The predicted molar refractivity (Wildman–Crippen MR) is 135 cm³/mol. The number of aryl methyl sites for hydroxylation is 3. The second kappa shape index (κ2) is 10.7. The summed E-state index contributed by atoms with van der Waals surface area (Å²) >= 11 is 0. The molecule has 8 heteroatoms. The molecule has 7 nitrogen and oxygen atoms in total. The van der Waals surface area contributed by atoms with E-state index in [0.29, 0.717) is 29.3 Å². The molecule has 0 spiro atoms. The second-order valence-electron chi connectivity index (χ2n) is 8.75. The fourth-order valence-electron chi connectivity index (χ4n) is 4.10. The Kier molecular flexibility index (Phi) is 6.98. The molecule has 0 unspecified atom stereocenters. The van der Waals surface area contributed by atoms with Gasteiger partial charge in [0, 0.05) is 18.4 Å². The molecule has 188 valence electrons. The van der Waals surface area contributed by atoms with Crippen molar-refractivity contribution in [1.29, 1.82) is 0 Å². The predicted octanol–water partition coefficient (Wildman–Crippen LogP) is 6.18. The summed E-state index contributed by atoms with van der Waals surface area (Å²) in [6.45, 7) is 1.92. The van der Waals surface area contributed by atoms with Crippen LogP contribution in [0.25, 0.3) is 22.6 Å². The van der Waals surface area contributed by atoms with E-state index in [4.69, 9.17) is 13.6 Å². The monoisotopic (exact) mass is 500 g/mol. The second-order valence-corrected chi connectivity index (χ2v) is 8.75. The van der Waals surface area contributed by atoms with Gasteiger partial charge in [-0.05, 0) is 73.9 Å². The molecule has 0 aliphatic heterocycles. The number of carboxylic acids is 1. The molecule has 1 atom stereocenters. The van der Waals surface area contributed by atoms with Crippen LogP contribution in [0.15, 0.2) is 81.6 Å². The Morgan fingerprint density at radius 1 is 1.00 bits per heavy atom. The lowest BCUT2D eigenvalue weighted by Crippen LogP contribution is -2.29. The number of ether oxygens (including phenoxy) is 1. The van der Waals surface area contributed by atoms with Crippen molar-refractivity contribution in [3.05, 3.63) is 102 Å². The average molecular weight is 501 g/mol. The summed E-state index contributed by atoms with van der Waals surface area (Å²) in [7, 11) is 0. The highest BCUT2D eigenvalue weighted by molar-refractivity contribution is 5.75. The number of carbonyl (C=O) groups is 1. The lowest BCUT2D eigenvalue weighted by Gasteiger charge is -2.15. The van der Waals surface area contributed by atoms with Gasteiger partial charge in [0.05, 0.1) is 5.69 Å². The summed E-state index contributed by atoms with van der Waals surface area (Å²) in [5.41, 5.74) is 3.89. The van der Waals surface area contributed by atoms with E-state index in [1.54, 1.807) is 18.2 Å². The molecular weight excluding hydrogens is 475 g/mol. The van der Waals surface area contributed by atoms with Gasteiger partial charge in [0.15, 0.2) is 17.6 Å². The highest BCUT2D eigenvalue weighted by Crippen LogP contribution is 2.24. The molecule has 0 radical (unpaired) electrons. The smallest absolute Gasteiger partial charge is 0.345 e. The Balaban J connectivity index is 1.22. The van der Waals surface area contributed by atoms with Gasteiger partial charge >= 0.3 is 5.97 Å². The largest absolute Gasteiger partial charge is 0.478 e. The summed E-state index contributed by atoms with van der Waals surface area (Å²) in [4.78, 5) is 21.0. The molecule has 1 N–H and O–H groups in total. The number of hydrogen-bond acceptors (Lipinski definition) is 6. The normalized spacial score (nSPS) is 12.1. The Bertz CT molecular complexity index is 1510. The quantitative estimate of drug-likeness (QED) is 0.244. The van der Waals surface area contributed by atoms with Gasteiger partial charge in [-0.1, -0.05) is 24.3 Å². The van der Waals surface area contributed by atoms with Crippen LogP contribution in [0.2, 0.25) is 0 Å². The van der Waals surface area contributed by atoms with Crippen LogP contribution < -0.4 is 4.74 Å². The van der Waals surface area contributed by atoms with Crippen molar-refractivity contribution in [2.24, 2.45) is 0 Å². The first-order valence-corrected chi connectivity index (χ1v) is 12.0. The summed E-state index contributed by atoms with van der Waals surface area (Å²) < 4.78 is 30.4. The van der Waals surface area contributed by atoms with Gasteiger partial charge in [-0.15, -0.1) is 0 Å². The summed E-state index contributed by atoms with van der Waals surface area (Å²) in [6, 6.07) is 20.4. The maximum absolute atomic E-state index is 13.1. The maximum atomic E-state index is 13.1. The standard InChI is InChI=1S/C29H25FN2O5/c1-18-23(32-28(35-18)20-6-3-2-4-7-20)8-5-9-27-31-24-16-19(10-15-25(24)37-27)17-26(29(33)34)36-22-13-11-21(30)12-14-22/h2-4,6-7,10-16,26H,5,8-9,17H2,1H3,(H,33,34)/t26-/m0/s1. The number of fused-ring (bicyclic) bond motifs is 1. The zero-order valence-electron chi connectivity index (χ0n) is 20.2. The molecule has 37 heavy (non-hydrogen) atoms. The van der Waals surface area contributed by atoms with Crippen LogP contribution >= 0.6 is 0 Å². The fourth-order valence-corrected chi connectivity index (χ4v) is 4.10. The third-order valence-electron chi connectivity index (χ3n) is 6.00. The molecule has 2 heterocycles. The van der Waals surface area contributed by atoms with Gasteiger partial charge < -0.3 is 18.7 Å². The molecule has 0 aliphatic carbocycles. The number of benzene rings is 3. The van der Waals surface area contributed by atoms with Crippen molar-refractivity contribution < 1.29 is 27.9 Å². The first-order chi connectivity index (χ1) is 17.9. The SMILES string of the molecule is Cc1oc(-c2ccccc2)nc1CCCc1nc2cc(C[C@H](Oc3ccc(F)cc3)C(=O)O)ccc2o1. The van der Waals surface area contributed by atoms with Crippen molar-refractivity contribution in [2.45, 2.75) is 38.7 Å². The van der Waals surface area contributed by atoms with Gasteiger partial charge in [-0.3, -0.25) is 0 Å². The topological polar surface area (TPSA) is 98.6 Å². The zero-order valence-corrected chi connectivity index (χ0v) is 20.2. The maximum Gasteiger partial charge on any atom is 0.345 e. The minimum Gasteiger partial charge on any atom is -0.478 e. The summed E-state index contributed by atoms with van der Waals surface area (Å²) in [5.74, 6) is 0.789. The first kappa shape index (κ1) is 24.2. The van der Waals surface area contributed by atoms with Gasteiger partial charge in [0.2, 0.25) is 5.89 Å². The van der Waals surface area contributed by atoms with Crippen molar-refractivity contribution in [3.8, 4) is 17.2 Å². The third-order valence-corrected chi connectivity index (χ3v) is 6.00. The Hall–Kier alpha value is -4.46. The highest BCUT2D eigenvalue weighted by atomic mass is 19.1. The van der Waals surface area contributed by atoms with Crippen LogP contribution in [0.5, 0.6) is 5.75 Å². The van der Waals surface area contributed by atoms with Crippen LogP contribution in [0.4, 0.5) is 4.39 Å². The molecular formula is C29H25FN2O5. The van der Waals surface area contributed by atoms with Gasteiger partial charge in [0.25, 0.3) is 0 Å². The van der Waals surface area contributed by atoms with Crippen LogP contribution in [0, 0.1) is 12.7 Å². The lowest BCUT2D eigenvalue weighted by molar-refractivity contribution is -0.145. The molecule has 0 amide bonds. The zero-order chi connectivity index (χ0) is 25.8. The van der Waals surface area contributed by atoms with Gasteiger partial charge in [0.1, 0.15) is 22.8 Å². The number of oxazole rings is 2. The van der Waals surface area contributed by atoms with Gasteiger partial charge in [-0.2, -0.15) is 0 Å². The summed E-state index contributed by atoms with van der Waals surface area (Å²) in [5, 5.41) is 9.60. The van der Waals surface area contributed by atoms with Crippen LogP contribution in [0.1, 0.15) is 29.3 Å². The highest BCUT2D eigenvalue weighted by Gasteiger charge is 2.21. The number of rotatable bonds is 10.